The highest BCUT2D eigenvalue weighted by Crippen LogP contribution is 2.28. The number of likely N-dealkylation sites (tertiary alicyclic amines) is 1. The van der Waals surface area contributed by atoms with Crippen molar-refractivity contribution < 1.29 is 9.53 Å². The van der Waals surface area contributed by atoms with Gasteiger partial charge in [0.1, 0.15) is 5.75 Å². The Morgan fingerprint density at radius 1 is 1.18 bits per heavy atom. The summed E-state index contributed by atoms with van der Waals surface area (Å²) in [5.41, 5.74) is 3.19. The molecule has 5 nitrogen and oxygen atoms in total. The van der Waals surface area contributed by atoms with Crippen molar-refractivity contribution in [2.75, 3.05) is 39.8 Å². The molecule has 3 rings (SSSR count). The summed E-state index contributed by atoms with van der Waals surface area (Å²) in [6.07, 6.45) is 2.22. The van der Waals surface area contributed by atoms with Gasteiger partial charge in [0.25, 0.3) is 0 Å². The first-order chi connectivity index (χ1) is 13.6. The van der Waals surface area contributed by atoms with E-state index in [9.17, 15) is 4.79 Å². The molecule has 0 saturated carbocycles. The number of carbonyl (C=O) groups excluding carboxylic acids is 1. The van der Waals surface area contributed by atoms with E-state index in [0.717, 1.165) is 61.7 Å². The molecule has 0 radical (unpaired) electrons. The summed E-state index contributed by atoms with van der Waals surface area (Å²) in [6, 6.07) is 14.3. The average molecular weight is 382 g/mol. The Bertz CT molecular complexity index is 772. The van der Waals surface area contributed by atoms with Gasteiger partial charge in [-0.3, -0.25) is 14.7 Å². The van der Waals surface area contributed by atoms with Crippen molar-refractivity contribution in [3.63, 3.8) is 0 Å². The number of carbonyl (C=O) groups is 1. The van der Waals surface area contributed by atoms with Gasteiger partial charge in [-0.1, -0.05) is 6.07 Å². The van der Waals surface area contributed by atoms with Gasteiger partial charge in [-0.05, 0) is 69.6 Å². The molecule has 0 unspecified atom stereocenters. The maximum Gasteiger partial charge on any atom is 0.236 e. The molecule has 1 saturated heterocycles. The monoisotopic (exact) mass is 381 g/mol. The van der Waals surface area contributed by atoms with Crippen LogP contribution < -0.4 is 4.74 Å². The highest BCUT2D eigenvalue weighted by atomic mass is 16.5. The Hall–Kier alpha value is -2.40. The minimum Gasteiger partial charge on any atom is -0.497 e. The van der Waals surface area contributed by atoms with Gasteiger partial charge in [-0.15, -0.1) is 0 Å². The summed E-state index contributed by atoms with van der Waals surface area (Å²) in [4.78, 5) is 21.6. The molecular formula is C23H31N3O2. The van der Waals surface area contributed by atoms with Crippen LogP contribution in [0.1, 0.15) is 38.3 Å². The molecule has 1 aliphatic rings. The van der Waals surface area contributed by atoms with Crippen LogP contribution in [0, 0.1) is 0 Å². The van der Waals surface area contributed by atoms with E-state index in [2.05, 4.69) is 23.1 Å². The van der Waals surface area contributed by atoms with Crippen molar-refractivity contribution >= 4 is 5.91 Å². The molecule has 1 amide bonds. The van der Waals surface area contributed by atoms with E-state index in [4.69, 9.17) is 9.72 Å². The van der Waals surface area contributed by atoms with Crippen molar-refractivity contribution in [2.45, 2.75) is 32.6 Å². The summed E-state index contributed by atoms with van der Waals surface area (Å²) < 4.78 is 5.24. The zero-order valence-electron chi connectivity index (χ0n) is 17.2. The van der Waals surface area contributed by atoms with E-state index in [0.29, 0.717) is 12.5 Å². The number of likely N-dealkylation sites (N-methyl/N-ethyl adjacent to an activating group) is 1. The van der Waals surface area contributed by atoms with Crippen molar-refractivity contribution in [1.82, 2.24) is 14.8 Å². The van der Waals surface area contributed by atoms with Crippen molar-refractivity contribution in [3.05, 3.63) is 48.2 Å². The van der Waals surface area contributed by atoms with Gasteiger partial charge in [0.05, 0.1) is 19.3 Å². The van der Waals surface area contributed by atoms with Gasteiger partial charge in [0, 0.05) is 36.8 Å². The summed E-state index contributed by atoms with van der Waals surface area (Å²) in [5.74, 6) is 1.45. The fourth-order valence-electron chi connectivity index (χ4n) is 3.91. The van der Waals surface area contributed by atoms with Crippen molar-refractivity contribution in [1.29, 1.82) is 0 Å². The molecule has 0 bridgehead atoms. The SMILES string of the molecule is CCN(CC)C(=O)CN1CCC[C@H](c2cccc(-c3ccc(OC)cc3)n2)C1. The van der Waals surface area contributed by atoms with Gasteiger partial charge < -0.3 is 9.64 Å². The standard InChI is InChI=1S/C23H31N3O2/c1-4-26(5-2)23(27)17-25-15-7-8-19(16-25)22-10-6-9-21(24-22)18-11-13-20(28-3)14-12-18/h6,9-14,19H,4-5,7-8,15-17H2,1-3H3/t19-/m0/s1. The quantitative estimate of drug-likeness (QED) is 0.732. The Morgan fingerprint density at radius 3 is 2.61 bits per heavy atom. The number of benzene rings is 1. The second kappa shape index (κ2) is 9.69. The lowest BCUT2D eigenvalue weighted by atomic mass is 9.93. The summed E-state index contributed by atoms with van der Waals surface area (Å²) >= 11 is 0. The molecular weight excluding hydrogens is 350 g/mol. The third-order valence-corrected chi connectivity index (χ3v) is 5.56. The maximum absolute atomic E-state index is 12.5. The number of piperidine rings is 1. The van der Waals surface area contributed by atoms with Crippen LogP contribution in [0.25, 0.3) is 11.3 Å². The first-order valence-corrected chi connectivity index (χ1v) is 10.3. The topological polar surface area (TPSA) is 45.7 Å². The van der Waals surface area contributed by atoms with E-state index >= 15 is 0 Å². The smallest absolute Gasteiger partial charge is 0.236 e. The van der Waals surface area contributed by atoms with Gasteiger partial charge in [0.2, 0.25) is 5.91 Å². The number of methoxy groups -OCH3 is 1. The average Bonchev–Trinajstić information content (AvgIpc) is 2.75. The van der Waals surface area contributed by atoms with Crippen LogP contribution in [0.15, 0.2) is 42.5 Å². The minimum absolute atomic E-state index is 0.227. The van der Waals surface area contributed by atoms with E-state index in [1.807, 2.05) is 43.0 Å². The Balaban J connectivity index is 1.70. The number of rotatable bonds is 7. The maximum atomic E-state index is 12.5. The highest BCUT2D eigenvalue weighted by molar-refractivity contribution is 5.78. The van der Waals surface area contributed by atoms with E-state index < -0.39 is 0 Å². The van der Waals surface area contributed by atoms with Crippen LogP contribution >= 0.6 is 0 Å². The van der Waals surface area contributed by atoms with E-state index in [-0.39, 0.29) is 5.91 Å². The van der Waals surface area contributed by atoms with Crippen LogP contribution in [0.3, 0.4) is 0 Å². The van der Waals surface area contributed by atoms with Crippen LogP contribution in [-0.2, 0) is 4.79 Å². The molecule has 1 aliphatic heterocycles. The van der Waals surface area contributed by atoms with Gasteiger partial charge in [0.15, 0.2) is 0 Å². The predicted octanol–water partition coefficient (Wildman–Crippen LogP) is 3.81. The Labute approximate surface area is 168 Å². The fourth-order valence-corrected chi connectivity index (χ4v) is 3.91. The normalized spacial score (nSPS) is 17.3. The summed E-state index contributed by atoms with van der Waals surface area (Å²) in [7, 11) is 1.67. The van der Waals surface area contributed by atoms with Crippen LogP contribution in [0.2, 0.25) is 0 Å². The molecule has 1 fully saturated rings. The van der Waals surface area contributed by atoms with Gasteiger partial charge in [-0.25, -0.2) is 0 Å². The second-order valence-electron chi connectivity index (χ2n) is 7.32. The highest BCUT2D eigenvalue weighted by Gasteiger charge is 2.25. The van der Waals surface area contributed by atoms with E-state index in [1.165, 1.54) is 0 Å². The second-order valence-corrected chi connectivity index (χ2v) is 7.32. The van der Waals surface area contributed by atoms with Crippen LogP contribution in [0.4, 0.5) is 0 Å². The molecule has 5 heteroatoms. The number of hydrogen-bond acceptors (Lipinski definition) is 4. The van der Waals surface area contributed by atoms with Crippen LogP contribution in [-0.4, -0.2) is 60.5 Å². The molecule has 150 valence electrons. The number of nitrogens with zero attached hydrogens (tertiary/aromatic N) is 3. The van der Waals surface area contributed by atoms with Gasteiger partial charge in [-0.2, -0.15) is 0 Å². The lowest BCUT2D eigenvalue weighted by Gasteiger charge is -2.33. The lowest BCUT2D eigenvalue weighted by Crippen LogP contribution is -2.43. The molecule has 1 aromatic heterocycles. The predicted molar refractivity (Wildman–Crippen MR) is 113 cm³/mol. The Morgan fingerprint density at radius 2 is 1.93 bits per heavy atom. The zero-order valence-corrected chi connectivity index (χ0v) is 17.2. The number of hydrogen-bond donors (Lipinski definition) is 0. The number of amides is 1. The molecule has 0 N–H and O–H groups in total. The molecule has 1 atom stereocenters. The van der Waals surface area contributed by atoms with Crippen LogP contribution in [0.5, 0.6) is 5.75 Å². The third kappa shape index (κ3) is 4.90. The Kier molecular flexibility index (Phi) is 7.04. The summed E-state index contributed by atoms with van der Waals surface area (Å²) in [5, 5.41) is 0. The molecule has 0 spiro atoms. The number of aromatic nitrogens is 1. The number of pyridine rings is 1. The molecule has 0 aliphatic carbocycles. The fraction of sp³-hybridized carbons (Fsp3) is 0.478. The zero-order chi connectivity index (χ0) is 19.9. The number of ether oxygens (including phenoxy) is 1. The minimum atomic E-state index is 0.227. The molecule has 2 aromatic rings. The summed E-state index contributed by atoms with van der Waals surface area (Å²) in [6.45, 7) is 8.02. The van der Waals surface area contributed by atoms with E-state index in [1.54, 1.807) is 7.11 Å². The van der Waals surface area contributed by atoms with Crippen molar-refractivity contribution in [2.24, 2.45) is 0 Å². The first-order valence-electron chi connectivity index (χ1n) is 10.3. The third-order valence-electron chi connectivity index (χ3n) is 5.56. The molecule has 28 heavy (non-hydrogen) atoms. The molecule has 2 heterocycles. The largest absolute Gasteiger partial charge is 0.497 e. The van der Waals surface area contributed by atoms with Gasteiger partial charge >= 0.3 is 0 Å². The van der Waals surface area contributed by atoms with Crippen molar-refractivity contribution in [3.8, 4) is 17.0 Å². The molecule has 1 aromatic carbocycles. The lowest BCUT2D eigenvalue weighted by molar-refractivity contribution is -0.132. The first kappa shape index (κ1) is 20.3.